The Kier molecular flexibility index (Phi) is 6.63. The Morgan fingerprint density at radius 1 is 1.29 bits per heavy atom. The lowest BCUT2D eigenvalue weighted by Gasteiger charge is -2.07. The van der Waals surface area contributed by atoms with Crippen molar-refractivity contribution in [2.24, 2.45) is 5.92 Å². The molecule has 0 aromatic rings. The summed E-state index contributed by atoms with van der Waals surface area (Å²) in [6, 6.07) is 0. The van der Waals surface area contributed by atoms with Crippen LogP contribution in [0.5, 0.6) is 0 Å². The molecular weight excluding hydrogens is 216 g/mol. The lowest BCUT2D eigenvalue weighted by molar-refractivity contribution is -0.137. The van der Waals surface area contributed by atoms with Crippen LogP contribution in [0.25, 0.3) is 0 Å². The Balaban J connectivity index is 1.95. The summed E-state index contributed by atoms with van der Waals surface area (Å²) in [4.78, 5) is 10.3. The minimum absolute atomic E-state index is 0.196. The van der Waals surface area contributed by atoms with Crippen LogP contribution in [-0.4, -0.2) is 22.3 Å². The van der Waals surface area contributed by atoms with E-state index in [1.165, 1.54) is 0 Å². The molecule has 0 heterocycles. The zero-order valence-corrected chi connectivity index (χ0v) is 10.2. The van der Waals surface area contributed by atoms with Gasteiger partial charge in [-0.15, -0.1) is 0 Å². The van der Waals surface area contributed by atoms with Crippen LogP contribution in [0.2, 0.25) is 0 Å². The maximum Gasteiger partial charge on any atom is 0.303 e. The molecular formula is C14H22O3. The fourth-order valence-electron chi connectivity index (χ4n) is 2.00. The van der Waals surface area contributed by atoms with E-state index in [-0.39, 0.29) is 18.4 Å². The molecule has 0 aromatic carbocycles. The third-order valence-corrected chi connectivity index (χ3v) is 3.05. The van der Waals surface area contributed by atoms with Crippen molar-refractivity contribution in [2.45, 2.75) is 51.0 Å². The fourth-order valence-corrected chi connectivity index (χ4v) is 2.00. The number of aliphatic hydroxyl groups is 1. The maximum absolute atomic E-state index is 10.3. The molecule has 3 heteroatoms. The number of allylic oxidation sites excluding steroid dienone is 1. The molecule has 0 saturated carbocycles. The molecule has 0 fully saturated rings. The summed E-state index contributed by atoms with van der Waals surface area (Å²) < 4.78 is 0. The van der Waals surface area contributed by atoms with Crippen molar-refractivity contribution in [1.82, 2.24) is 0 Å². The van der Waals surface area contributed by atoms with E-state index < -0.39 is 5.97 Å². The fraction of sp³-hybridized carbons (Fsp3) is 0.643. The highest BCUT2D eigenvalue weighted by Gasteiger charge is 2.16. The van der Waals surface area contributed by atoms with E-state index in [1.54, 1.807) is 0 Å². The van der Waals surface area contributed by atoms with Gasteiger partial charge in [0.1, 0.15) is 0 Å². The third kappa shape index (κ3) is 6.27. The summed E-state index contributed by atoms with van der Waals surface area (Å²) >= 11 is 0. The van der Waals surface area contributed by atoms with E-state index in [2.05, 4.69) is 12.2 Å². The molecule has 96 valence electrons. The summed E-state index contributed by atoms with van der Waals surface area (Å²) in [5.41, 5.74) is 0. The molecule has 2 atom stereocenters. The van der Waals surface area contributed by atoms with Gasteiger partial charge < -0.3 is 10.2 Å². The first kappa shape index (κ1) is 14.0. The molecule has 0 amide bonds. The Morgan fingerprint density at radius 3 is 2.71 bits per heavy atom. The molecule has 0 saturated heterocycles. The van der Waals surface area contributed by atoms with E-state index >= 15 is 0 Å². The quantitative estimate of drug-likeness (QED) is 0.505. The Labute approximate surface area is 103 Å². The van der Waals surface area contributed by atoms with Crippen molar-refractivity contribution < 1.29 is 15.0 Å². The zero-order chi connectivity index (χ0) is 12.5. The highest BCUT2D eigenvalue weighted by molar-refractivity contribution is 5.66. The number of carboxylic acids is 1. The van der Waals surface area contributed by atoms with E-state index in [4.69, 9.17) is 5.11 Å². The summed E-state index contributed by atoms with van der Waals surface area (Å²) in [5.74, 6) is -0.506. The molecule has 0 spiro atoms. The number of unbranched alkanes of at least 4 members (excludes halogenated alkanes) is 4. The number of rotatable bonds is 8. The second-order valence-electron chi connectivity index (χ2n) is 4.58. The summed E-state index contributed by atoms with van der Waals surface area (Å²) in [5, 5.41) is 18.0. The van der Waals surface area contributed by atoms with Crippen molar-refractivity contribution in [1.29, 1.82) is 0 Å². The molecule has 2 N–H and O–H groups in total. The van der Waals surface area contributed by atoms with Gasteiger partial charge >= 0.3 is 5.97 Å². The largest absolute Gasteiger partial charge is 0.481 e. The highest BCUT2D eigenvalue weighted by Crippen LogP contribution is 2.19. The van der Waals surface area contributed by atoms with E-state index in [9.17, 15) is 9.90 Å². The van der Waals surface area contributed by atoms with Crippen LogP contribution in [0.4, 0.5) is 0 Å². The number of carbonyl (C=O) groups is 1. The van der Waals surface area contributed by atoms with E-state index in [1.807, 2.05) is 12.2 Å². The van der Waals surface area contributed by atoms with Gasteiger partial charge in [-0.1, -0.05) is 37.1 Å². The molecule has 0 aromatic heterocycles. The van der Waals surface area contributed by atoms with Gasteiger partial charge in [0.2, 0.25) is 0 Å². The Hall–Kier alpha value is -1.09. The zero-order valence-electron chi connectivity index (χ0n) is 10.2. The highest BCUT2D eigenvalue weighted by atomic mass is 16.4. The summed E-state index contributed by atoms with van der Waals surface area (Å²) in [6.07, 6.45) is 14.1. The molecule has 3 nitrogen and oxygen atoms in total. The van der Waals surface area contributed by atoms with Crippen molar-refractivity contribution in [3.63, 3.8) is 0 Å². The van der Waals surface area contributed by atoms with Gasteiger partial charge in [0.15, 0.2) is 0 Å². The van der Waals surface area contributed by atoms with E-state index in [0.29, 0.717) is 0 Å². The van der Waals surface area contributed by atoms with E-state index in [0.717, 1.165) is 38.5 Å². The van der Waals surface area contributed by atoms with Crippen molar-refractivity contribution in [3.05, 3.63) is 24.3 Å². The molecule has 2 unspecified atom stereocenters. The smallest absolute Gasteiger partial charge is 0.303 e. The van der Waals surface area contributed by atoms with Gasteiger partial charge in [0.05, 0.1) is 6.10 Å². The van der Waals surface area contributed by atoms with Crippen molar-refractivity contribution in [3.8, 4) is 0 Å². The second-order valence-corrected chi connectivity index (χ2v) is 4.58. The van der Waals surface area contributed by atoms with Crippen LogP contribution in [0.1, 0.15) is 44.9 Å². The van der Waals surface area contributed by atoms with Crippen LogP contribution in [0.3, 0.4) is 0 Å². The average Bonchev–Trinajstić information content (AvgIpc) is 2.68. The first-order chi connectivity index (χ1) is 8.20. The summed E-state index contributed by atoms with van der Waals surface area (Å²) in [7, 11) is 0. The molecule has 17 heavy (non-hydrogen) atoms. The predicted molar refractivity (Wildman–Crippen MR) is 67.7 cm³/mol. The standard InChI is InChI=1S/C14H22O3/c15-13-10-7-9-12(13)8-5-3-1-2-4-6-11-14(16)17/h5,7-9,12-13,15H,1-4,6,10-11H2,(H,16,17). The van der Waals surface area contributed by atoms with Crippen LogP contribution in [0, 0.1) is 5.92 Å². The third-order valence-electron chi connectivity index (χ3n) is 3.05. The van der Waals surface area contributed by atoms with Crippen LogP contribution < -0.4 is 0 Å². The number of aliphatic carboxylic acids is 1. The van der Waals surface area contributed by atoms with Crippen LogP contribution in [-0.2, 0) is 4.79 Å². The predicted octanol–water partition coefficient (Wildman–Crippen LogP) is 2.90. The number of carboxylic acid groups (broad SMARTS) is 1. The van der Waals surface area contributed by atoms with Crippen LogP contribution in [0.15, 0.2) is 24.3 Å². The minimum atomic E-state index is -0.702. The SMILES string of the molecule is O=C(O)CCCCCCC=CC1C=CCC1O. The molecule has 0 aliphatic heterocycles. The van der Waals surface area contributed by atoms with Gasteiger partial charge in [0, 0.05) is 12.3 Å². The monoisotopic (exact) mass is 238 g/mol. The first-order valence-electron chi connectivity index (χ1n) is 6.43. The van der Waals surface area contributed by atoms with Crippen LogP contribution >= 0.6 is 0 Å². The Morgan fingerprint density at radius 2 is 2.06 bits per heavy atom. The van der Waals surface area contributed by atoms with Gasteiger partial charge in [-0.05, 0) is 25.7 Å². The van der Waals surface area contributed by atoms with Gasteiger partial charge in [-0.25, -0.2) is 0 Å². The lowest BCUT2D eigenvalue weighted by Crippen LogP contribution is -2.10. The lowest BCUT2D eigenvalue weighted by atomic mass is 10.0. The van der Waals surface area contributed by atoms with Gasteiger partial charge in [-0.2, -0.15) is 0 Å². The number of hydrogen-bond donors (Lipinski definition) is 2. The molecule has 1 rings (SSSR count). The molecule has 1 aliphatic carbocycles. The molecule has 1 aliphatic rings. The minimum Gasteiger partial charge on any atom is -0.481 e. The summed E-state index contributed by atoms with van der Waals surface area (Å²) in [6.45, 7) is 0. The van der Waals surface area contributed by atoms with Crippen molar-refractivity contribution >= 4 is 5.97 Å². The topological polar surface area (TPSA) is 57.5 Å². The second kappa shape index (κ2) is 8.07. The molecule has 0 radical (unpaired) electrons. The van der Waals surface area contributed by atoms with Gasteiger partial charge in [-0.3, -0.25) is 4.79 Å². The average molecular weight is 238 g/mol. The number of aliphatic hydroxyl groups excluding tert-OH is 1. The first-order valence-corrected chi connectivity index (χ1v) is 6.43. The normalized spacial score (nSPS) is 23.6. The van der Waals surface area contributed by atoms with Crippen molar-refractivity contribution in [2.75, 3.05) is 0 Å². The maximum atomic E-state index is 10.3. The molecule has 0 bridgehead atoms. The number of hydrogen-bond acceptors (Lipinski definition) is 2. The Bertz CT molecular complexity index is 281. The van der Waals surface area contributed by atoms with Gasteiger partial charge in [0.25, 0.3) is 0 Å².